The predicted molar refractivity (Wildman–Crippen MR) is 126 cm³/mol. The van der Waals surface area contributed by atoms with Crippen molar-refractivity contribution in [1.29, 1.82) is 0 Å². The number of carbonyl (C=O) groups is 2. The van der Waals surface area contributed by atoms with Gasteiger partial charge in [0.2, 0.25) is 0 Å². The Kier molecular flexibility index (Phi) is 12.7. The fraction of sp³-hybridized carbons (Fsp3) is 0.476. The summed E-state index contributed by atoms with van der Waals surface area (Å²) in [5, 5.41) is 14.6. The zero-order valence-corrected chi connectivity index (χ0v) is 21.3. The Labute approximate surface area is 207 Å². The van der Waals surface area contributed by atoms with Gasteiger partial charge in [-0.15, -0.1) is 15.3 Å². The number of carbonyl (C=O) groups excluding carboxylic acids is 2. The van der Waals surface area contributed by atoms with Gasteiger partial charge in [0.05, 0.1) is 19.0 Å². The van der Waals surface area contributed by atoms with Gasteiger partial charge in [-0.1, -0.05) is 41.7 Å². The maximum absolute atomic E-state index is 13.7. The van der Waals surface area contributed by atoms with Gasteiger partial charge in [0, 0.05) is 17.5 Å². The van der Waals surface area contributed by atoms with E-state index in [1.165, 1.54) is 39.8 Å². The largest absolute Gasteiger partial charge is 0.366 e. The molecule has 0 radical (unpaired) electrons. The summed E-state index contributed by atoms with van der Waals surface area (Å²) in [7, 11) is 0. The minimum Gasteiger partial charge on any atom is -0.366 e. The summed E-state index contributed by atoms with van der Waals surface area (Å²) >= 11 is 16.9. The van der Waals surface area contributed by atoms with E-state index in [2.05, 4.69) is 33.1 Å². The van der Waals surface area contributed by atoms with Gasteiger partial charge < -0.3 is 5.73 Å². The van der Waals surface area contributed by atoms with Crippen molar-refractivity contribution in [3.8, 4) is 0 Å². The van der Waals surface area contributed by atoms with Crippen molar-refractivity contribution < 1.29 is 18.4 Å². The molecule has 0 bridgehead atoms. The lowest BCUT2D eigenvalue weighted by molar-refractivity contribution is -0.118. The van der Waals surface area contributed by atoms with E-state index < -0.39 is 11.3 Å². The number of aromatic nitrogens is 4. The lowest BCUT2D eigenvalue weighted by atomic mass is 10.0. The fourth-order valence-corrected chi connectivity index (χ4v) is 2.80. The lowest BCUT2D eigenvalue weighted by Crippen LogP contribution is -2.13. The standard InChI is InChI=1S/C11H14ClFN2O.C7H7Cl2FN2.C3H5NO/c1-4-8(16)5-7-6-9(11(2,3)13)10(12)15-14-7;1-7(2,10)4-3-5(8)11-12-6(4)9;1-2-3(4)5/h6H,4-5H2,1-3H3;3H,1-2H3;1-2H2,(H-,4,5)/p+1. The Morgan fingerprint density at radius 2 is 1.36 bits per heavy atom. The Morgan fingerprint density at radius 3 is 1.73 bits per heavy atom. The summed E-state index contributed by atoms with van der Waals surface area (Å²) < 4.78 is 27.1. The van der Waals surface area contributed by atoms with Crippen molar-refractivity contribution in [3.63, 3.8) is 0 Å². The van der Waals surface area contributed by atoms with Crippen molar-refractivity contribution >= 4 is 46.5 Å². The van der Waals surface area contributed by atoms with Crippen LogP contribution in [0.15, 0.2) is 12.1 Å². The molecule has 0 fully saturated rings. The molecule has 0 aliphatic carbocycles. The molecule has 2 aromatic heterocycles. The minimum absolute atomic E-state index is 0.0410. The summed E-state index contributed by atoms with van der Waals surface area (Å²) in [5.41, 5.74) is 2.44. The predicted octanol–water partition coefficient (Wildman–Crippen LogP) is 5.54. The zero-order valence-electron chi connectivity index (χ0n) is 19.1. The highest BCUT2D eigenvalue weighted by atomic mass is 35.5. The van der Waals surface area contributed by atoms with Gasteiger partial charge in [-0.25, -0.2) is 8.78 Å². The third kappa shape index (κ3) is 12.1. The van der Waals surface area contributed by atoms with Gasteiger partial charge in [-0.2, -0.15) is 5.10 Å². The SMILES string of the molecule is CC(C)(F)c1cc(Cl)nnc1Cl.CCC(=O)Cc1cc(C(C)(C)F)c(Cl)nn1.[CH2+]CC(N)=O. The molecule has 2 aromatic rings. The third-order valence-corrected chi connectivity index (χ3v) is 4.56. The number of hydrogen-bond donors (Lipinski definition) is 1. The van der Waals surface area contributed by atoms with Crippen LogP contribution in [-0.4, -0.2) is 32.1 Å². The van der Waals surface area contributed by atoms with E-state index in [4.69, 9.17) is 34.8 Å². The van der Waals surface area contributed by atoms with E-state index in [0.717, 1.165) is 0 Å². The highest BCUT2D eigenvalue weighted by molar-refractivity contribution is 6.31. The molecular formula is C21H27Cl3F2N5O2+. The Balaban J connectivity index is 0.000000530. The molecule has 0 saturated carbocycles. The third-order valence-electron chi connectivity index (χ3n) is 3.82. The van der Waals surface area contributed by atoms with Crippen molar-refractivity contribution in [1.82, 2.24) is 20.4 Å². The molecule has 2 rings (SSSR count). The molecule has 2 N–H and O–H groups in total. The van der Waals surface area contributed by atoms with Crippen LogP contribution >= 0.6 is 34.8 Å². The van der Waals surface area contributed by atoms with E-state index in [0.29, 0.717) is 12.1 Å². The summed E-state index contributed by atoms with van der Waals surface area (Å²) in [4.78, 5) is 20.8. The topological polar surface area (TPSA) is 112 Å². The number of ketones is 1. The molecule has 33 heavy (non-hydrogen) atoms. The van der Waals surface area contributed by atoms with Crippen molar-refractivity contribution in [2.24, 2.45) is 5.73 Å². The Morgan fingerprint density at radius 1 is 0.939 bits per heavy atom. The quantitative estimate of drug-likeness (QED) is 0.496. The number of rotatable bonds is 6. The highest BCUT2D eigenvalue weighted by Crippen LogP contribution is 2.31. The number of alkyl halides is 2. The second-order valence-electron chi connectivity index (χ2n) is 7.64. The maximum Gasteiger partial charge on any atom is 0.262 e. The number of amides is 1. The van der Waals surface area contributed by atoms with Crippen LogP contribution in [0.2, 0.25) is 15.5 Å². The highest BCUT2D eigenvalue weighted by Gasteiger charge is 2.24. The van der Waals surface area contributed by atoms with Gasteiger partial charge in [0.15, 0.2) is 21.9 Å². The average Bonchev–Trinajstić information content (AvgIpc) is 2.70. The summed E-state index contributed by atoms with van der Waals surface area (Å²) in [6.07, 6.45) is 0.794. The van der Waals surface area contributed by atoms with E-state index in [9.17, 15) is 18.4 Å². The number of nitrogens with two attached hydrogens (primary N) is 1. The van der Waals surface area contributed by atoms with E-state index in [-0.39, 0.29) is 51.1 Å². The number of halogens is 5. The van der Waals surface area contributed by atoms with Crippen LogP contribution in [0, 0.1) is 6.92 Å². The van der Waals surface area contributed by atoms with Gasteiger partial charge >= 0.3 is 0 Å². The van der Waals surface area contributed by atoms with Crippen molar-refractivity contribution in [3.05, 3.63) is 51.3 Å². The number of Topliss-reactive ketones (excluding diaryl/α,β-unsaturated/α-hetero) is 1. The molecular weight excluding hydrogens is 499 g/mol. The van der Waals surface area contributed by atoms with Crippen LogP contribution in [0.5, 0.6) is 0 Å². The molecule has 12 heteroatoms. The molecule has 1 amide bonds. The number of primary amides is 1. The van der Waals surface area contributed by atoms with Gasteiger partial charge in [-0.05, 0) is 39.8 Å². The van der Waals surface area contributed by atoms with Crippen LogP contribution in [0.4, 0.5) is 8.78 Å². The van der Waals surface area contributed by atoms with Crippen molar-refractivity contribution in [2.45, 2.75) is 65.2 Å². The second kappa shape index (κ2) is 13.6. The first-order chi connectivity index (χ1) is 15.0. The lowest BCUT2D eigenvalue weighted by Gasteiger charge is -2.15. The molecule has 0 unspecified atom stereocenters. The molecule has 2 heterocycles. The molecule has 0 spiro atoms. The molecule has 0 atom stereocenters. The van der Waals surface area contributed by atoms with Crippen LogP contribution < -0.4 is 5.73 Å². The van der Waals surface area contributed by atoms with Crippen LogP contribution in [0.25, 0.3) is 0 Å². The van der Waals surface area contributed by atoms with Gasteiger partial charge in [-0.3, -0.25) is 9.59 Å². The summed E-state index contributed by atoms with van der Waals surface area (Å²) in [6, 6.07) is 2.87. The molecule has 7 nitrogen and oxygen atoms in total. The summed E-state index contributed by atoms with van der Waals surface area (Å²) in [6.45, 7) is 10.5. The first kappa shape index (κ1) is 30.9. The average molecular weight is 526 g/mol. The van der Waals surface area contributed by atoms with Crippen LogP contribution in [0.1, 0.15) is 64.3 Å². The molecule has 0 aromatic carbocycles. The first-order valence-electron chi connectivity index (χ1n) is 9.71. The first-order valence-corrected chi connectivity index (χ1v) is 10.8. The molecule has 0 saturated heterocycles. The van der Waals surface area contributed by atoms with Gasteiger partial charge in [0.25, 0.3) is 5.91 Å². The molecule has 182 valence electrons. The smallest absolute Gasteiger partial charge is 0.262 e. The monoisotopic (exact) mass is 524 g/mol. The van der Waals surface area contributed by atoms with E-state index >= 15 is 0 Å². The normalized spacial score (nSPS) is 11.0. The second-order valence-corrected chi connectivity index (χ2v) is 8.75. The zero-order chi connectivity index (χ0) is 26.0. The molecule has 0 aliphatic rings. The van der Waals surface area contributed by atoms with Crippen molar-refractivity contribution in [2.75, 3.05) is 0 Å². The fourth-order valence-electron chi connectivity index (χ4n) is 2.02. The van der Waals surface area contributed by atoms with Crippen LogP contribution in [0.3, 0.4) is 0 Å². The van der Waals surface area contributed by atoms with E-state index in [1.807, 2.05) is 0 Å². The number of nitrogens with zero attached hydrogens (tertiary/aromatic N) is 4. The van der Waals surface area contributed by atoms with Gasteiger partial charge in [0.1, 0.15) is 17.1 Å². The minimum atomic E-state index is -1.59. The molecule has 0 aliphatic heterocycles. The Hall–Kier alpha value is -2.10. The Bertz CT molecular complexity index is 948. The maximum atomic E-state index is 13.7. The summed E-state index contributed by atoms with van der Waals surface area (Å²) in [5.74, 6) is -0.316. The number of hydrogen-bond acceptors (Lipinski definition) is 6. The van der Waals surface area contributed by atoms with E-state index in [1.54, 1.807) is 6.92 Å². The van der Waals surface area contributed by atoms with Crippen LogP contribution in [-0.2, 0) is 27.3 Å².